The van der Waals surface area contributed by atoms with Crippen LogP contribution >= 0.6 is 11.6 Å². The first kappa shape index (κ1) is 24.8. The van der Waals surface area contributed by atoms with Crippen LogP contribution in [0.3, 0.4) is 0 Å². The molecule has 0 bridgehead atoms. The van der Waals surface area contributed by atoms with Crippen molar-refractivity contribution in [3.8, 4) is 23.0 Å². The quantitative estimate of drug-likeness (QED) is 0.234. The van der Waals surface area contributed by atoms with Gasteiger partial charge in [-0.15, -0.1) is 11.6 Å². The standard InChI is InChI=1S/C27H28ClN3O6/c1-13(2)12-37-20-9-19-22(16-8-15(11-32)29-24(16)20)17(28)10-31(19)27(33)18-6-14-7-21(34-3)25(35-4)26(36-5)23(14)30-18/h6-9,11,13,17,29-30H,10,12H2,1-5H3. The van der Waals surface area contributed by atoms with Crippen molar-refractivity contribution in [2.75, 3.05) is 39.4 Å². The molecule has 4 aromatic rings. The van der Waals surface area contributed by atoms with E-state index in [1.165, 1.54) is 14.2 Å². The molecule has 0 saturated heterocycles. The van der Waals surface area contributed by atoms with Crippen LogP contribution < -0.4 is 23.8 Å². The maximum atomic E-state index is 13.8. The number of fused-ring (bicyclic) bond motifs is 4. The van der Waals surface area contributed by atoms with E-state index >= 15 is 0 Å². The van der Waals surface area contributed by atoms with E-state index < -0.39 is 5.38 Å². The molecule has 0 saturated carbocycles. The van der Waals surface area contributed by atoms with Gasteiger partial charge in [0.25, 0.3) is 5.91 Å². The fourth-order valence-corrected chi connectivity index (χ4v) is 5.19. The molecule has 0 spiro atoms. The molecule has 0 radical (unpaired) electrons. The van der Waals surface area contributed by atoms with E-state index in [0.29, 0.717) is 57.7 Å². The highest BCUT2D eigenvalue weighted by atomic mass is 35.5. The number of anilines is 1. The molecule has 1 aliphatic rings. The number of nitrogens with one attached hydrogen (secondary N) is 2. The van der Waals surface area contributed by atoms with E-state index in [9.17, 15) is 9.59 Å². The van der Waals surface area contributed by atoms with Crippen LogP contribution in [-0.2, 0) is 0 Å². The van der Waals surface area contributed by atoms with Gasteiger partial charge in [-0.25, -0.2) is 0 Å². The van der Waals surface area contributed by atoms with Crippen molar-refractivity contribution in [1.82, 2.24) is 9.97 Å². The predicted molar refractivity (Wildman–Crippen MR) is 142 cm³/mol. The molecule has 10 heteroatoms. The van der Waals surface area contributed by atoms with Crippen LogP contribution in [0.15, 0.2) is 24.3 Å². The van der Waals surface area contributed by atoms with Gasteiger partial charge in [0.05, 0.1) is 55.7 Å². The molecule has 0 fully saturated rings. The number of hydrogen-bond acceptors (Lipinski definition) is 6. The molecule has 5 rings (SSSR count). The van der Waals surface area contributed by atoms with Gasteiger partial charge < -0.3 is 33.8 Å². The Bertz CT molecular complexity index is 1520. The van der Waals surface area contributed by atoms with Gasteiger partial charge in [0.1, 0.15) is 11.4 Å². The third-order valence-corrected chi connectivity index (χ3v) is 6.82. The van der Waals surface area contributed by atoms with Crippen LogP contribution in [0.25, 0.3) is 21.8 Å². The Balaban J connectivity index is 1.62. The minimum absolute atomic E-state index is 0.263. The summed E-state index contributed by atoms with van der Waals surface area (Å²) in [5.74, 6) is 1.95. The zero-order valence-electron chi connectivity index (χ0n) is 21.2. The molecule has 2 N–H and O–H groups in total. The molecule has 1 amide bonds. The van der Waals surface area contributed by atoms with Crippen LogP contribution in [0, 0.1) is 5.92 Å². The lowest BCUT2D eigenvalue weighted by Gasteiger charge is -2.18. The first-order chi connectivity index (χ1) is 17.8. The van der Waals surface area contributed by atoms with Gasteiger partial charge in [0.2, 0.25) is 5.75 Å². The molecular weight excluding hydrogens is 498 g/mol. The molecule has 37 heavy (non-hydrogen) atoms. The predicted octanol–water partition coefficient (Wildman–Crippen LogP) is 5.46. The van der Waals surface area contributed by atoms with Crippen LogP contribution in [0.5, 0.6) is 23.0 Å². The Morgan fingerprint density at radius 2 is 1.81 bits per heavy atom. The maximum Gasteiger partial charge on any atom is 0.274 e. The van der Waals surface area contributed by atoms with E-state index in [2.05, 4.69) is 23.8 Å². The topological polar surface area (TPSA) is 106 Å². The summed E-state index contributed by atoms with van der Waals surface area (Å²) in [6.07, 6.45) is 0.750. The number of benzene rings is 2. The van der Waals surface area contributed by atoms with Gasteiger partial charge in [0.15, 0.2) is 17.8 Å². The number of aromatic amines is 2. The summed E-state index contributed by atoms with van der Waals surface area (Å²) in [6.45, 7) is 4.84. The number of halogens is 1. The lowest BCUT2D eigenvalue weighted by atomic mass is 10.1. The molecule has 1 atom stereocenters. The zero-order valence-corrected chi connectivity index (χ0v) is 22.0. The summed E-state index contributed by atoms with van der Waals surface area (Å²) in [5.41, 5.74) is 3.50. The molecule has 0 aliphatic carbocycles. The third kappa shape index (κ3) is 4.03. The second-order valence-electron chi connectivity index (χ2n) is 9.32. The van der Waals surface area contributed by atoms with Crippen LogP contribution in [0.2, 0.25) is 0 Å². The molecule has 3 heterocycles. The Kier molecular flexibility index (Phi) is 6.41. The summed E-state index contributed by atoms with van der Waals surface area (Å²) in [4.78, 5) is 33.3. The molecule has 1 unspecified atom stereocenters. The molecule has 194 valence electrons. The van der Waals surface area contributed by atoms with Crippen LogP contribution in [-0.4, -0.2) is 56.6 Å². The molecule has 2 aromatic heterocycles. The number of hydrogen-bond donors (Lipinski definition) is 2. The third-order valence-electron chi connectivity index (χ3n) is 6.46. The Morgan fingerprint density at radius 3 is 2.46 bits per heavy atom. The molecule has 1 aliphatic heterocycles. The fraction of sp³-hybridized carbons (Fsp3) is 0.333. The van der Waals surface area contributed by atoms with E-state index in [4.69, 9.17) is 30.5 Å². The lowest BCUT2D eigenvalue weighted by molar-refractivity contribution is 0.0984. The number of rotatable bonds is 8. The minimum Gasteiger partial charge on any atom is -0.493 e. The number of methoxy groups -OCH3 is 3. The number of carbonyl (C=O) groups excluding carboxylic acids is 2. The number of amides is 1. The van der Waals surface area contributed by atoms with Gasteiger partial charge in [0, 0.05) is 28.9 Å². The fourth-order valence-electron chi connectivity index (χ4n) is 4.83. The van der Waals surface area contributed by atoms with E-state index in [1.807, 2.05) is 6.07 Å². The molecule has 9 nitrogen and oxygen atoms in total. The number of alkyl halides is 1. The average molecular weight is 526 g/mol. The Morgan fingerprint density at radius 1 is 1.05 bits per heavy atom. The number of H-pyrrole nitrogens is 2. The van der Waals surface area contributed by atoms with Crippen molar-refractivity contribution in [2.24, 2.45) is 5.92 Å². The summed E-state index contributed by atoms with van der Waals surface area (Å²) in [7, 11) is 4.60. The number of ether oxygens (including phenoxy) is 4. The average Bonchev–Trinajstić information content (AvgIpc) is 3.60. The monoisotopic (exact) mass is 525 g/mol. The summed E-state index contributed by atoms with van der Waals surface area (Å²) >= 11 is 6.79. The number of nitrogens with zero attached hydrogens (tertiary/aromatic N) is 1. The zero-order chi connectivity index (χ0) is 26.4. The number of aromatic nitrogens is 2. The maximum absolute atomic E-state index is 13.8. The first-order valence-electron chi connectivity index (χ1n) is 11.9. The number of carbonyl (C=O) groups is 2. The van der Waals surface area contributed by atoms with Crippen molar-refractivity contribution < 1.29 is 28.5 Å². The molecular formula is C27H28ClN3O6. The minimum atomic E-state index is -0.463. The van der Waals surface area contributed by atoms with Crippen molar-refractivity contribution in [1.29, 1.82) is 0 Å². The summed E-state index contributed by atoms with van der Waals surface area (Å²) < 4.78 is 22.6. The normalized spacial score (nSPS) is 14.9. The number of aldehydes is 1. The van der Waals surface area contributed by atoms with E-state index in [0.717, 1.165) is 22.6 Å². The smallest absolute Gasteiger partial charge is 0.274 e. The van der Waals surface area contributed by atoms with Crippen molar-refractivity contribution in [3.05, 3.63) is 41.2 Å². The van der Waals surface area contributed by atoms with Crippen molar-refractivity contribution in [2.45, 2.75) is 19.2 Å². The van der Waals surface area contributed by atoms with Gasteiger partial charge >= 0.3 is 0 Å². The van der Waals surface area contributed by atoms with Gasteiger partial charge in [-0.3, -0.25) is 9.59 Å². The SMILES string of the molecule is COc1cc2cc(C(=O)N3CC(Cl)c4c3cc(OCC(C)C)c3[nH]c(C=O)cc43)[nH]c2c(OC)c1OC. The second kappa shape index (κ2) is 9.55. The van der Waals surface area contributed by atoms with Crippen molar-refractivity contribution in [3.63, 3.8) is 0 Å². The largest absolute Gasteiger partial charge is 0.493 e. The highest BCUT2D eigenvalue weighted by Crippen LogP contribution is 2.48. The lowest BCUT2D eigenvalue weighted by Crippen LogP contribution is -2.29. The Hall–Kier alpha value is -3.85. The second-order valence-corrected chi connectivity index (χ2v) is 9.85. The van der Waals surface area contributed by atoms with Crippen LogP contribution in [0.4, 0.5) is 5.69 Å². The highest BCUT2D eigenvalue weighted by Gasteiger charge is 2.36. The summed E-state index contributed by atoms with van der Waals surface area (Å²) in [6, 6.07) is 7.10. The first-order valence-corrected chi connectivity index (χ1v) is 12.3. The Labute approximate surface area is 218 Å². The van der Waals surface area contributed by atoms with Gasteiger partial charge in [-0.05, 0) is 24.1 Å². The van der Waals surface area contributed by atoms with Crippen LogP contribution in [0.1, 0.15) is 45.8 Å². The van der Waals surface area contributed by atoms with Gasteiger partial charge in [-0.1, -0.05) is 13.8 Å². The van der Waals surface area contributed by atoms with E-state index in [1.54, 1.807) is 30.2 Å². The van der Waals surface area contributed by atoms with Crippen molar-refractivity contribution >= 4 is 51.3 Å². The molecule has 2 aromatic carbocycles. The highest BCUT2D eigenvalue weighted by molar-refractivity contribution is 6.25. The van der Waals surface area contributed by atoms with E-state index in [-0.39, 0.29) is 18.4 Å². The summed E-state index contributed by atoms with van der Waals surface area (Å²) in [5, 5.41) is 1.04. The van der Waals surface area contributed by atoms with Gasteiger partial charge in [-0.2, -0.15) is 0 Å².